The molecule has 1 heterocycles. The van der Waals surface area contributed by atoms with Gasteiger partial charge in [-0.2, -0.15) is 0 Å². The highest BCUT2D eigenvalue weighted by molar-refractivity contribution is 7.98. The molecule has 1 N–H and O–H groups in total. The third-order valence-electron chi connectivity index (χ3n) is 3.70. The zero-order chi connectivity index (χ0) is 20.1. The van der Waals surface area contributed by atoms with E-state index in [2.05, 4.69) is 21.4 Å². The van der Waals surface area contributed by atoms with Crippen LogP contribution in [0.25, 0.3) is 0 Å². The second-order valence-corrected chi connectivity index (χ2v) is 7.24. The number of thioether (sulfide) groups is 1. The van der Waals surface area contributed by atoms with Crippen molar-refractivity contribution in [2.75, 3.05) is 5.32 Å². The molecule has 1 aromatic heterocycles. The summed E-state index contributed by atoms with van der Waals surface area (Å²) in [5, 5.41) is 14.0. The molecule has 0 aliphatic rings. The maximum Gasteiger partial charge on any atom is 0.275 e. The van der Waals surface area contributed by atoms with Crippen molar-refractivity contribution in [1.82, 2.24) is 9.97 Å². The van der Waals surface area contributed by atoms with Gasteiger partial charge in [0.05, 0.1) is 16.1 Å². The van der Waals surface area contributed by atoms with E-state index in [1.54, 1.807) is 6.07 Å². The van der Waals surface area contributed by atoms with Crippen molar-refractivity contribution in [2.24, 2.45) is 0 Å². The molecule has 0 unspecified atom stereocenters. The first-order valence-electron chi connectivity index (χ1n) is 8.19. The van der Waals surface area contributed by atoms with Crippen LogP contribution in [0, 0.1) is 17.0 Å². The van der Waals surface area contributed by atoms with E-state index >= 15 is 0 Å². The Bertz CT molecular complexity index is 1050. The van der Waals surface area contributed by atoms with Crippen LogP contribution in [0.1, 0.15) is 21.6 Å². The fourth-order valence-electron chi connectivity index (χ4n) is 2.42. The number of benzene rings is 2. The lowest BCUT2D eigenvalue weighted by molar-refractivity contribution is -0.384. The van der Waals surface area contributed by atoms with Crippen LogP contribution in [0.2, 0.25) is 5.02 Å². The maximum atomic E-state index is 12.5. The number of nitrogens with zero attached hydrogens (tertiary/aromatic N) is 3. The molecule has 1 amide bonds. The number of rotatable bonds is 6. The summed E-state index contributed by atoms with van der Waals surface area (Å²) in [6, 6.07) is 13.7. The Morgan fingerprint density at radius 2 is 2.04 bits per heavy atom. The number of aryl methyl sites for hydroxylation is 1. The summed E-state index contributed by atoms with van der Waals surface area (Å²) in [5.74, 6) is 0.0835. The summed E-state index contributed by atoms with van der Waals surface area (Å²) in [7, 11) is 0. The highest BCUT2D eigenvalue weighted by atomic mass is 35.5. The topological polar surface area (TPSA) is 98.0 Å². The van der Waals surface area contributed by atoms with Crippen LogP contribution in [0.15, 0.2) is 59.9 Å². The molecule has 0 spiro atoms. The smallest absolute Gasteiger partial charge is 0.275 e. The Kier molecular flexibility index (Phi) is 6.23. The summed E-state index contributed by atoms with van der Waals surface area (Å²) in [6.07, 6.45) is 1.37. The second-order valence-electron chi connectivity index (χ2n) is 5.89. The lowest BCUT2D eigenvalue weighted by Gasteiger charge is -2.08. The van der Waals surface area contributed by atoms with Crippen LogP contribution in [0.4, 0.5) is 11.4 Å². The lowest BCUT2D eigenvalue weighted by atomic mass is 10.2. The molecule has 142 valence electrons. The lowest BCUT2D eigenvalue weighted by Crippen LogP contribution is -2.15. The number of carbonyl (C=O) groups excluding carboxylic acids is 1. The molecule has 0 fully saturated rings. The summed E-state index contributed by atoms with van der Waals surface area (Å²) >= 11 is 7.46. The van der Waals surface area contributed by atoms with Gasteiger partial charge in [0.15, 0.2) is 10.9 Å². The number of hydrogen-bond donors (Lipinski definition) is 1. The molecule has 0 atom stereocenters. The van der Waals surface area contributed by atoms with Gasteiger partial charge >= 0.3 is 0 Å². The van der Waals surface area contributed by atoms with Crippen LogP contribution in [0.5, 0.6) is 0 Å². The maximum absolute atomic E-state index is 12.5. The second kappa shape index (κ2) is 8.81. The third kappa shape index (κ3) is 5.05. The number of nitro groups is 1. The van der Waals surface area contributed by atoms with E-state index in [0.717, 1.165) is 11.1 Å². The number of halogens is 1. The van der Waals surface area contributed by atoms with E-state index in [4.69, 9.17) is 11.6 Å². The van der Waals surface area contributed by atoms with E-state index in [0.29, 0.717) is 10.9 Å². The van der Waals surface area contributed by atoms with E-state index in [1.807, 2.05) is 25.1 Å². The molecule has 0 saturated carbocycles. The molecular formula is C19H15ClN4O3S. The van der Waals surface area contributed by atoms with Gasteiger partial charge in [-0.1, -0.05) is 59.3 Å². The number of aromatic nitrogens is 2. The van der Waals surface area contributed by atoms with Gasteiger partial charge in [0.2, 0.25) is 0 Å². The zero-order valence-corrected chi connectivity index (χ0v) is 16.3. The molecule has 3 rings (SSSR count). The number of non-ortho nitro benzene ring substituents is 1. The van der Waals surface area contributed by atoms with Crippen molar-refractivity contribution in [1.29, 1.82) is 0 Å². The van der Waals surface area contributed by atoms with Crippen LogP contribution < -0.4 is 5.32 Å². The molecule has 7 nitrogen and oxygen atoms in total. The third-order valence-corrected chi connectivity index (χ3v) is 4.91. The van der Waals surface area contributed by atoms with Crippen LogP contribution >= 0.6 is 23.4 Å². The molecule has 28 heavy (non-hydrogen) atoms. The molecule has 3 aromatic rings. The van der Waals surface area contributed by atoms with Crippen LogP contribution in [0.3, 0.4) is 0 Å². The molecule has 0 saturated heterocycles. The average Bonchev–Trinajstić information content (AvgIpc) is 2.67. The number of anilines is 1. The standard InChI is InChI=1S/C19H15ClN4O3S/c1-12-4-2-5-13(8-12)11-28-19-21-10-16(20)17(23-19)18(25)22-14-6-3-7-15(9-14)24(26)27/h2-10H,11H2,1H3,(H,22,25). The summed E-state index contributed by atoms with van der Waals surface area (Å²) < 4.78 is 0. The Labute approximate surface area is 170 Å². The van der Waals surface area contributed by atoms with Crippen molar-refractivity contribution in [3.8, 4) is 0 Å². The van der Waals surface area contributed by atoms with E-state index in [9.17, 15) is 14.9 Å². The molecular weight excluding hydrogens is 400 g/mol. The average molecular weight is 415 g/mol. The van der Waals surface area contributed by atoms with Crippen molar-refractivity contribution in [3.63, 3.8) is 0 Å². The minimum Gasteiger partial charge on any atom is -0.320 e. The predicted molar refractivity (Wildman–Crippen MR) is 109 cm³/mol. The van der Waals surface area contributed by atoms with Gasteiger partial charge in [-0.15, -0.1) is 0 Å². The highest BCUT2D eigenvalue weighted by Gasteiger charge is 2.16. The predicted octanol–water partition coefficient (Wildman–Crippen LogP) is 4.89. The van der Waals surface area contributed by atoms with Gasteiger partial charge < -0.3 is 5.32 Å². The summed E-state index contributed by atoms with van der Waals surface area (Å²) in [6.45, 7) is 2.02. The van der Waals surface area contributed by atoms with Crippen molar-refractivity contribution < 1.29 is 9.72 Å². The number of amides is 1. The van der Waals surface area contributed by atoms with Gasteiger partial charge in [-0.05, 0) is 18.6 Å². The Hall–Kier alpha value is -2.97. The highest BCUT2D eigenvalue weighted by Crippen LogP contribution is 2.24. The fraction of sp³-hybridized carbons (Fsp3) is 0.105. The zero-order valence-electron chi connectivity index (χ0n) is 14.8. The molecule has 0 aliphatic heterocycles. The molecule has 0 radical (unpaired) electrons. The van der Waals surface area contributed by atoms with Crippen molar-refractivity contribution in [2.45, 2.75) is 17.8 Å². The van der Waals surface area contributed by atoms with Crippen molar-refractivity contribution in [3.05, 3.63) is 86.7 Å². The van der Waals surface area contributed by atoms with Gasteiger partial charge in [-0.3, -0.25) is 14.9 Å². The van der Waals surface area contributed by atoms with Gasteiger partial charge in [0.1, 0.15) is 0 Å². The number of carbonyl (C=O) groups is 1. The quantitative estimate of drug-likeness (QED) is 0.267. The van der Waals surface area contributed by atoms with Gasteiger partial charge in [-0.25, -0.2) is 9.97 Å². The van der Waals surface area contributed by atoms with E-state index in [-0.39, 0.29) is 22.1 Å². The molecule has 0 aliphatic carbocycles. The van der Waals surface area contributed by atoms with Crippen LogP contribution in [-0.2, 0) is 5.75 Å². The molecule has 0 bridgehead atoms. The minimum absolute atomic E-state index is 0.00918. The normalized spacial score (nSPS) is 10.5. The molecule has 2 aromatic carbocycles. The van der Waals surface area contributed by atoms with E-state index < -0.39 is 10.8 Å². The Morgan fingerprint density at radius 1 is 1.25 bits per heavy atom. The van der Waals surface area contributed by atoms with Gasteiger partial charge in [0.25, 0.3) is 11.6 Å². The first-order valence-corrected chi connectivity index (χ1v) is 9.55. The van der Waals surface area contributed by atoms with E-state index in [1.165, 1.54) is 36.2 Å². The monoisotopic (exact) mass is 414 g/mol. The van der Waals surface area contributed by atoms with Crippen LogP contribution in [-0.4, -0.2) is 20.8 Å². The first kappa shape index (κ1) is 19.8. The number of hydrogen-bond acceptors (Lipinski definition) is 6. The molecule has 9 heteroatoms. The minimum atomic E-state index is -0.565. The Morgan fingerprint density at radius 3 is 2.79 bits per heavy atom. The summed E-state index contributed by atoms with van der Waals surface area (Å²) in [4.78, 5) is 31.2. The van der Waals surface area contributed by atoms with Crippen molar-refractivity contribution >= 4 is 40.6 Å². The largest absolute Gasteiger partial charge is 0.320 e. The Balaban J connectivity index is 1.74. The SMILES string of the molecule is Cc1cccc(CSc2ncc(Cl)c(C(=O)Nc3cccc([N+](=O)[O-])c3)n2)c1. The van der Waals surface area contributed by atoms with Gasteiger partial charge in [0, 0.05) is 23.6 Å². The number of nitro benzene ring substituents is 1. The fourth-order valence-corrected chi connectivity index (χ4v) is 3.35. The number of nitrogens with one attached hydrogen (secondary N) is 1. The first-order chi connectivity index (χ1) is 13.4. The summed E-state index contributed by atoms with van der Waals surface area (Å²) in [5.41, 5.74) is 2.44.